The van der Waals surface area contributed by atoms with Crippen molar-refractivity contribution in [2.45, 2.75) is 97.3 Å². The van der Waals surface area contributed by atoms with Crippen LogP contribution in [-0.2, 0) is 4.79 Å². The topological polar surface area (TPSA) is 37.3 Å². The highest BCUT2D eigenvalue weighted by atomic mass is 16.4. The van der Waals surface area contributed by atoms with Crippen LogP contribution < -0.4 is 0 Å². The number of hydrogen-bond donors (Lipinski definition) is 1. The highest BCUT2D eigenvalue weighted by molar-refractivity contribution is 5.79. The molecule has 0 amide bonds. The van der Waals surface area contributed by atoms with Crippen LogP contribution in [0.2, 0.25) is 0 Å². The van der Waals surface area contributed by atoms with E-state index in [0.717, 1.165) is 18.8 Å². The molecule has 1 atom stereocenters. The molecule has 0 aromatic rings. The van der Waals surface area contributed by atoms with Gasteiger partial charge in [-0.1, -0.05) is 90.6 Å². The summed E-state index contributed by atoms with van der Waals surface area (Å²) in [7, 11) is 0. The third-order valence-electron chi connectivity index (χ3n) is 4.28. The summed E-state index contributed by atoms with van der Waals surface area (Å²) in [6.07, 6.45) is 20.1. The lowest BCUT2D eigenvalue weighted by molar-refractivity contribution is -0.131. The van der Waals surface area contributed by atoms with Crippen molar-refractivity contribution in [3.63, 3.8) is 0 Å². The molecule has 2 nitrogen and oxygen atoms in total. The van der Waals surface area contributed by atoms with Gasteiger partial charge in [-0.3, -0.25) is 0 Å². The maximum atomic E-state index is 10.3. The van der Waals surface area contributed by atoms with Crippen LogP contribution in [0.25, 0.3) is 0 Å². The van der Waals surface area contributed by atoms with Crippen LogP contribution in [0.4, 0.5) is 0 Å². The minimum atomic E-state index is -0.834. The molecule has 1 N–H and O–H groups in total. The summed E-state index contributed by atoms with van der Waals surface area (Å²) in [4.78, 5) is 10.3. The molecule has 0 saturated carbocycles. The number of aliphatic carboxylic acids is 1. The van der Waals surface area contributed by atoms with E-state index in [0.29, 0.717) is 0 Å². The molecule has 0 radical (unpaired) electrons. The molecule has 21 heavy (non-hydrogen) atoms. The van der Waals surface area contributed by atoms with E-state index < -0.39 is 5.97 Å². The molecule has 0 aromatic carbocycles. The molecule has 0 bridgehead atoms. The summed E-state index contributed by atoms with van der Waals surface area (Å²) in [6.45, 7) is 4.64. The van der Waals surface area contributed by atoms with Crippen molar-refractivity contribution in [3.05, 3.63) is 12.2 Å². The predicted octanol–water partition coefficient (Wildman–Crippen LogP) is 6.35. The van der Waals surface area contributed by atoms with Crippen LogP contribution >= 0.6 is 0 Å². The van der Waals surface area contributed by atoms with E-state index in [9.17, 15) is 4.79 Å². The number of carboxylic acid groups (broad SMARTS) is 1. The van der Waals surface area contributed by atoms with Crippen molar-refractivity contribution in [1.82, 2.24) is 0 Å². The molecular formula is C19H36O2. The zero-order valence-corrected chi connectivity index (χ0v) is 14.3. The number of carbonyl (C=O) groups is 1. The molecular weight excluding hydrogens is 260 g/mol. The van der Waals surface area contributed by atoms with Crippen LogP contribution in [0.15, 0.2) is 12.2 Å². The van der Waals surface area contributed by atoms with E-state index in [1.807, 2.05) is 0 Å². The van der Waals surface area contributed by atoms with Crippen molar-refractivity contribution in [1.29, 1.82) is 0 Å². The van der Waals surface area contributed by atoms with Gasteiger partial charge in [-0.25, -0.2) is 4.79 Å². The number of allylic oxidation sites excluding steroid dienone is 1. The van der Waals surface area contributed by atoms with Crippen LogP contribution in [0, 0.1) is 5.92 Å². The molecule has 0 saturated heterocycles. The van der Waals surface area contributed by atoms with Crippen LogP contribution in [0.3, 0.4) is 0 Å². The Hall–Kier alpha value is -0.790. The van der Waals surface area contributed by atoms with Crippen LogP contribution in [0.1, 0.15) is 97.3 Å². The second-order valence-electron chi connectivity index (χ2n) is 6.37. The van der Waals surface area contributed by atoms with Gasteiger partial charge in [-0.05, 0) is 18.8 Å². The normalized spacial score (nSPS) is 12.9. The average Bonchev–Trinajstić information content (AvgIpc) is 2.46. The smallest absolute Gasteiger partial charge is 0.327 e. The highest BCUT2D eigenvalue weighted by Gasteiger charge is 1.98. The first kappa shape index (κ1) is 20.2. The van der Waals surface area contributed by atoms with Crippen LogP contribution in [-0.4, -0.2) is 11.1 Å². The second-order valence-corrected chi connectivity index (χ2v) is 6.37. The Morgan fingerprint density at radius 3 is 1.86 bits per heavy atom. The van der Waals surface area contributed by atoms with E-state index >= 15 is 0 Å². The number of carboxylic acids is 1. The first-order chi connectivity index (χ1) is 10.2. The highest BCUT2D eigenvalue weighted by Crippen LogP contribution is 2.15. The van der Waals surface area contributed by atoms with E-state index in [4.69, 9.17) is 5.11 Å². The van der Waals surface area contributed by atoms with Gasteiger partial charge in [0.05, 0.1) is 0 Å². The van der Waals surface area contributed by atoms with Crippen molar-refractivity contribution in [2.24, 2.45) is 5.92 Å². The van der Waals surface area contributed by atoms with E-state index in [1.54, 1.807) is 6.08 Å². The summed E-state index contributed by atoms with van der Waals surface area (Å²) in [5, 5.41) is 8.44. The summed E-state index contributed by atoms with van der Waals surface area (Å²) < 4.78 is 0. The van der Waals surface area contributed by atoms with Gasteiger partial charge in [0.1, 0.15) is 0 Å². The molecule has 0 rings (SSSR count). The summed E-state index contributed by atoms with van der Waals surface area (Å²) in [5.74, 6) is 0.0782. The second kappa shape index (κ2) is 15.6. The largest absolute Gasteiger partial charge is 0.478 e. The Morgan fingerprint density at radius 1 is 0.905 bits per heavy atom. The maximum Gasteiger partial charge on any atom is 0.327 e. The third-order valence-corrected chi connectivity index (χ3v) is 4.28. The van der Waals surface area contributed by atoms with Gasteiger partial charge < -0.3 is 5.11 Å². The third kappa shape index (κ3) is 17.2. The fourth-order valence-corrected chi connectivity index (χ4v) is 2.56. The van der Waals surface area contributed by atoms with E-state index in [-0.39, 0.29) is 0 Å². The summed E-state index contributed by atoms with van der Waals surface area (Å²) >= 11 is 0. The minimum absolute atomic E-state index is 0.834. The zero-order valence-electron chi connectivity index (χ0n) is 14.3. The molecule has 0 aromatic heterocycles. The number of hydrogen-bond acceptors (Lipinski definition) is 1. The first-order valence-electron chi connectivity index (χ1n) is 9.06. The van der Waals surface area contributed by atoms with Crippen LogP contribution in [0.5, 0.6) is 0 Å². The quantitative estimate of drug-likeness (QED) is 0.282. The molecule has 124 valence electrons. The Bertz CT molecular complexity index is 258. The molecule has 0 aliphatic heterocycles. The van der Waals surface area contributed by atoms with Crippen molar-refractivity contribution in [2.75, 3.05) is 0 Å². The van der Waals surface area contributed by atoms with Gasteiger partial charge in [-0.15, -0.1) is 0 Å². The van der Waals surface area contributed by atoms with Gasteiger partial charge in [0, 0.05) is 6.08 Å². The maximum absolute atomic E-state index is 10.3. The van der Waals surface area contributed by atoms with E-state index in [2.05, 4.69) is 13.8 Å². The predicted molar refractivity (Wildman–Crippen MR) is 91.6 cm³/mol. The Labute approximate surface area is 132 Å². The van der Waals surface area contributed by atoms with E-state index in [1.165, 1.54) is 76.7 Å². The van der Waals surface area contributed by atoms with Crippen molar-refractivity contribution in [3.8, 4) is 0 Å². The lowest BCUT2D eigenvalue weighted by atomic mass is 9.99. The minimum Gasteiger partial charge on any atom is -0.478 e. The average molecular weight is 296 g/mol. The zero-order chi connectivity index (χ0) is 15.8. The first-order valence-corrected chi connectivity index (χ1v) is 9.06. The van der Waals surface area contributed by atoms with Crippen molar-refractivity contribution < 1.29 is 9.90 Å². The Balaban J connectivity index is 3.07. The summed E-state index contributed by atoms with van der Waals surface area (Å²) in [5.41, 5.74) is 0. The Morgan fingerprint density at radius 2 is 1.38 bits per heavy atom. The van der Waals surface area contributed by atoms with Gasteiger partial charge in [0.15, 0.2) is 0 Å². The van der Waals surface area contributed by atoms with Gasteiger partial charge >= 0.3 is 5.97 Å². The molecule has 2 heteroatoms. The standard InChI is InChI=1S/C19H36O2/c1-3-18(2)16-14-12-10-8-6-4-5-7-9-11-13-15-17-19(20)21/h15,17-18H,3-14,16H2,1-2H3,(H,20,21). The molecule has 0 heterocycles. The SMILES string of the molecule is CCC(C)CCCCCCCCCCCCC=CC(=O)O. The van der Waals surface area contributed by atoms with Crippen molar-refractivity contribution >= 4 is 5.97 Å². The lowest BCUT2D eigenvalue weighted by Gasteiger charge is -2.07. The molecule has 0 fully saturated rings. The van der Waals surface area contributed by atoms with Gasteiger partial charge in [-0.2, -0.15) is 0 Å². The number of unbranched alkanes of at least 4 members (excludes halogenated alkanes) is 10. The number of rotatable bonds is 15. The molecule has 1 unspecified atom stereocenters. The Kier molecular flexibility index (Phi) is 15.0. The van der Waals surface area contributed by atoms with Gasteiger partial charge in [0.25, 0.3) is 0 Å². The fraction of sp³-hybridized carbons (Fsp3) is 0.842. The van der Waals surface area contributed by atoms with Gasteiger partial charge in [0.2, 0.25) is 0 Å². The lowest BCUT2D eigenvalue weighted by Crippen LogP contribution is -1.91. The molecule has 0 aliphatic carbocycles. The summed E-state index contributed by atoms with van der Waals surface area (Å²) in [6, 6.07) is 0. The molecule has 0 spiro atoms. The molecule has 0 aliphatic rings. The fourth-order valence-electron chi connectivity index (χ4n) is 2.56. The monoisotopic (exact) mass is 296 g/mol.